The third-order valence-electron chi connectivity index (χ3n) is 3.89. The molecule has 25 heavy (non-hydrogen) atoms. The molecule has 3 N–H and O–H groups in total. The maximum atomic E-state index is 11.6. The first-order valence-electron chi connectivity index (χ1n) is 7.04. The van der Waals surface area contributed by atoms with Crippen molar-refractivity contribution in [1.82, 2.24) is 0 Å². The number of aliphatic carboxylic acids is 1. The number of rotatable bonds is 5. The van der Waals surface area contributed by atoms with Gasteiger partial charge in [-0.3, -0.25) is 4.79 Å². The number of carboxylic acids is 3. The smallest absolute Gasteiger partial charge is 0.340 e. The Hall–Kier alpha value is -3.42. The first-order valence-corrected chi connectivity index (χ1v) is 7.04. The van der Waals surface area contributed by atoms with E-state index in [0.717, 1.165) is 6.08 Å². The number of fused-ring (bicyclic) bond motifs is 1. The van der Waals surface area contributed by atoms with Crippen molar-refractivity contribution in [2.24, 2.45) is 5.41 Å². The summed E-state index contributed by atoms with van der Waals surface area (Å²) in [5.41, 5.74) is -2.23. The highest BCUT2D eigenvalue weighted by atomic mass is 16.5. The first-order chi connectivity index (χ1) is 11.6. The van der Waals surface area contributed by atoms with Crippen molar-refractivity contribution in [2.75, 3.05) is 0 Å². The summed E-state index contributed by atoms with van der Waals surface area (Å²) in [5, 5.41) is 28.2. The Bertz CT molecular complexity index is 849. The second-order valence-corrected chi connectivity index (χ2v) is 5.67. The van der Waals surface area contributed by atoms with Gasteiger partial charge in [-0.15, -0.1) is 0 Å². The Morgan fingerprint density at radius 2 is 1.76 bits per heavy atom. The van der Waals surface area contributed by atoms with Crippen molar-refractivity contribution in [3.63, 3.8) is 0 Å². The number of carboxylic acid groups (broad SMARTS) is 3. The zero-order valence-electron chi connectivity index (χ0n) is 13.1. The van der Waals surface area contributed by atoms with Gasteiger partial charge in [-0.2, -0.15) is 0 Å². The fourth-order valence-corrected chi connectivity index (χ4v) is 2.60. The van der Waals surface area contributed by atoms with Gasteiger partial charge in [0, 0.05) is 6.08 Å². The maximum Gasteiger partial charge on any atom is 0.340 e. The summed E-state index contributed by atoms with van der Waals surface area (Å²) in [6, 6.07) is 1.18. The van der Waals surface area contributed by atoms with Crippen molar-refractivity contribution in [3.05, 3.63) is 47.1 Å². The number of carbonyl (C=O) groups is 4. The number of ether oxygens (including phenoxy) is 1. The molecule has 1 aromatic carbocycles. The van der Waals surface area contributed by atoms with Crippen LogP contribution in [0.25, 0.3) is 6.08 Å². The second-order valence-electron chi connectivity index (χ2n) is 5.67. The Morgan fingerprint density at radius 3 is 2.24 bits per heavy atom. The van der Waals surface area contributed by atoms with Gasteiger partial charge in [-0.05, 0) is 30.5 Å². The molecule has 0 spiro atoms. The van der Waals surface area contributed by atoms with E-state index in [9.17, 15) is 34.5 Å². The van der Waals surface area contributed by atoms with E-state index in [1.165, 1.54) is 25.1 Å². The van der Waals surface area contributed by atoms with Crippen LogP contribution in [-0.4, -0.2) is 39.2 Å². The van der Waals surface area contributed by atoms with Crippen LogP contribution in [0, 0.1) is 5.41 Å². The molecule has 8 nitrogen and oxygen atoms in total. The summed E-state index contributed by atoms with van der Waals surface area (Å²) in [6.07, 6.45) is 3.28. The topological polar surface area (TPSA) is 138 Å². The third kappa shape index (κ3) is 3.14. The summed E-state index contributed by atoms with van der Waals surface area (Å²) < 4.78 is 4.87. The van der Waals surface area contributed by atoms with Crippen LogP contribution in [0.15, 0.2) is 24.8 Å². The molecule has 0 aliphatic heterocycles. The Labute approximate surface area is 141 Å². The van der Waals surface area contributed by atoms with E-state index in [-0.39, 0.29) is 17.5 Å². The van der Waals surface area contributed by atoms with E-state index >= 15 is 0 Å². The van der Waals surface area contributed by atoms with E-state index in [4.69, 9.17) is 4.74 Å². The average Bonchev–Trinajstić information content (AvgIpc) is 2.52. The molecular formula is C17H14O8. The molecule has 0 heterocycles. The normalized spacial score (nSPS) is 18.1. The van der Waals surface area contributed by atoms with E-state index in [0.29, 0.717) is 0 Å². The average molecular weight is 346 g/mol. The second kappa shape index (κ2) is 6.23. The lowest BCUT2D eigenvalue weighted by Gasteiger charge is -2.27. The van der Waals surface area contributed by atoms with Gasteiger partial charge in [0.15, 0.2) is 0 Å². The molecule has 0 saturated carbocycles. The zero-order valence-corrected chi connectivity index (χ0v) is 13.1. The van der Waals surface area contributed by atoms with Crippen LogP contribution in [-0.2, 0) is 16.0 Å². The van der Waals surface area contributed by atoms with Gasteiger partial charge in [-0.1, -0.05) is 18.7 Å². The van der Waals surface area contributed by atoms with E-state index < -0.39 is 46.2 Å². The van der Waals surface area contributed by atoms with Gasteiger partial charge in [0.25, 0.3) is 0 Å². The zero-order chi connectivity index (χ0) is 18.9. The maximum absolute atomic E-state index is 11.6. The van der Waals surface area contributed by atoms with E-state index in [1.807, 2.05) is 0 Å². The molecule has 0 bridgehead atoms. The molecule has 0 aromatic heterocycles. The van der Waals surface area contributed by atoms with Crippen LogP contribution in [0.5, 0.6) is 5.75 Å². The highest BCUT2D eigenvalue weighted by Gasteiger charge is 2.37. The predicted molar refractivity (Wildman–Crippen MR) is 84.7 cm³/mol. The molecule has 1 atom stereocenters. The monoisotopic (exact) mass is 346 g/mol. The van der Waals surface area contributed by atoms with Crippen molar-refractivity contribution >= 4 is 30.0 Å². The van der Waals surface area contributed by atoms with Crippen LogP contribution in [0.2, 0.25) is 0 Å². The van der Waals surface area contributed by atoms with Gasteiger partial charge in [0.05, 0.1) is 11.0 Å². The first kappa shape index (κ1) is 17.9. The number of carbonyl (C=O) groups excluding carboxylic acids is 1. The van der Waals surface area contributed by atoms with E-state index in [1.54, 1.807) is 0 Å². The third-order valence-corrected chi connectivity index (χ3v) is 3.89. The van der Waals surface area contributed by atoms with Gasteiger partial charge in [0.1, 0.15) is 11.3 Å². The standard InChI is InChI=1S/C17H14O8/c1-3-11(18)25-10-6-8-7-17(2,16(23)24)5-4-9(8)12(14(19)20)13(10)15(21)22/h3-6H,1,7H2,2H3,(H,19,20)(H,21,22)(H,23,24). The summed E-state index contributed by atoms with van der Waals surface area (Å²) in [5.74, 6) is -5.69. The Morgan fingerprint density at radius 1 is 1.16 bits per heavy atom. The molecular weight excluding hydrogens is 332 g/mol. The van der Waals surface area contributed by atoms with Crippen molar-refractivity contribution in [3.8, 4) is 5.75 Å². The molecule has 1 unspecified atom stereocenters. The van der Waals surface area contributed by atoms with Gasteiger partial charge in [-0.25, -0.2) is 14.4 Å². The minimum absolute atomic E-state index is 0.0713. The highest BCUT2D eigenvalue weighted by molar-refractivity contribution is 6.07. The van der Waals surface area contributed by atoms with Gasteiger partial charge >= 0.3 is 23.9 Å². The fraction of sp³-hybridized carbons (Fsp3) is 0.176. The molecule has 1 aromatic rings. The number of hydrogen-bond acceptors (Lipinski definition) is 5. The summed E-state index contributed by atoms with van der Waals surface area (Å²) in [6.45, 7) is 4.64. The molecule has 0 saturated heterocycles. The largest absolute Gasteiger partial charge is 0.481 e. The van der Waals surface area contributed by atoms with Crippen molar-refractivity contribution < 1.29 is 39.2 Å². The van der Waals surface area contributed by atoms with E-state index in [2.05, 4.69) is 6.58 Å². The Balaban J connectivity index is 2.79. The number of hydrogen-bond donors (Lipinski definition) is 3. The lowest BCUT2D eigenvalue weighted by molar-refractivity contribution is -0.145. The van der Waals surface area contributed by atoms with Crippen LogP contribution < -0.4 is 4.74 Å². The van der Waals surface area contributed by atoms with Crippen LogP contribution in [0.4, 0.5) is 0 Å². The lowest BCUT2D eigenvalue weighted by Crippen LogP contribution is -2.30. The van der Waals surface area contributed by atoms with Crippen molar-refractivity contribution in [1.29, 1.82) is 0 Å². The summed E-state index contributed by atoms with van der Waals surface area (Å²) in [4.78, 5) is 46.0. The minimum atomic E-state index is -1.59. The minimum Gasteiger partial charge on any atom is -0.481 e. The summed E-state index contributed by atoms with van der Waals surface area (Å²) in [7, 11) is 0. The molecule has 0 amide bonds. The van der Waals surface area contributed by atoms with Gasteiger partial charge in [0.2, 0.25) is 0 Å². The van der Waals surface area contributed by atoms with Crippen LogP contribution >= 0.6 is 0 Å². The SMILES string of the molecule is C=CC(=O)Oc1cc2c(c(C(=O)O)c1C(=O)O)C=CC(C)(C(=O)O)C2. The van der Waals surface area contributed by atoms with Crippen molar-refractivity contribution in [2.45, 2.75) is 13.3 Å². The molecule has 0 radical (unpaired) electrons. The molecule has 1 aliphatic rings. The van der Waals surface area contributed by atoms with Crippen LogP contribution in [0.3, 0.4) is 0 Å². The summed E-state index contributed by atoms with van der Waals surface area (Å²) >= 11 is 0. The predicted octanol–water partition coefficient (Wildman–Crippen LogP) is 1.83. The number of aromatic carboxylic acids is 2. The van der Waals surface area contributed by atoms with Crippen LogP contribution in [0.1, 0.15) is 38.8 Å². The fourth-order valence-electron chi connectivity index (χ4n) is 2.60. The molecule has 2 rings (SSSR count). The molecule has 1 aliphatic carbocycles. The lowest BCUT2D eigenvalue weighted by atomic mass is 9.76. The molecule has 130 valence electrons. The molecule has 0 fully saturated rings. The quantitative estimate of drug-likeness (QED) is 0.417. The molecule has 8 heteroatoms. The number of esters is 1. The van der Waals surface area contributed by atoms with Gasteiger partial charge < -0.3 is 20.1 Å². The Kier molecular flexibility index (Phi) is 4.47. The number of benzene rings is 1. The highest BCUT2D eigenvalue weighted by Crippen LogP contribution is 2.39.